The van der Waals surface area contributed by atoms with Crippen molar-refractivity contribution in [3.63, 3.8) is 0 Å². The fourth-order valence-electron chi connectivity index (χ4n) is 2.26. The predicted octanol–water partition coefficient (Wildman–Crippen LogP) is 2.32. The summed E-state index contributed by atoms with van der Waals surface area (Å²) in [5, 5.41) is 9.91. The second-order valence-corrected chi connectivity index (χ2v) is 6.20. The van der Waals surface area contributed by atoms with Crippen molar-refractivity contribution in [2.45, 2.75) is 32.8 Å². The minimum Gasteiger partial charge on any atom is -0.493 e. The molecule has 0 aliphatic carbocycles. The zero-order valence-corrected chi connectivity index (χ0v) is 12.4. The molecule has 1 aliphatic rings. The van der Waals surface area contributed by atoms with E-state index < -0.39 is 5.60 Å². The summed E-state index contributed by atoms with van der Waals surface area (Å²) >= 11 is 0. The van der Waals surface area contributed by atoms with Crippen LogP contribution >= 0.6 is 0 Å². The van der Waals surface area contributed by atoms with Gasteiger partial charge in [-0.3, -0.25) is 4.79 Å². The highest BCUT2D eigenvalue weighted by molar-refractivity contribution is 5.94. The van der Waals surface area contributed by atoms with Crippen molar-refractivity contribution < 1.29 is 14.6 Å². The van der Waals surface area contributed by atoms with Crippen molar-refractivity contribution in [1.82, 2.24) is 4.90 Å². The molecule has 1 fully saturated rings. The van der Waals surface area contributed by atoms with Crippen LogP contribution in [0.1, 0.15) is 37.6 Å². The number of hydrogen-bond acceptors (Lipinski definition) is 3. The van der Waals surface area contributed by atoms with E-state index in [-0.39, 0.29) is 5.91 Å². The number of hydrogen-bond donors (Lipinski definition) is 1. The van der Waals surface area contributed by atoms with Crippen molar-refractivity contribution >= 4 is 5.91 Å². The van der Waals surface area contributed by atoms with E-state index in [9.17, 15) is 9.90 Å². The van der Waals surface area contributed by atoms with Crippen LogP contribution in [0.4, 0.5) is 0 Å². The first kappa shape index (κ1) is 14.9. The van der Waals surface area contributed by atoms with E-state index in [1.54, 1.807) is 24.0 Å². The van der Waals surface area contributed by atoms with Gasteiger partial charge in [0.15, 0.2) is 0 Å². The van der Waals surface area contributed by atoms with Crippen molar-refractivity contribution in [3.8, 4) is 5.75 Å². The number of carbonyl (C=O) groups is 1. The third-order valence-electron chi connectivity index (χ3n) is 3.42. The topological polar surface area (TPSA) is 49.8 Å². The van der Waals surface area contributed by atoms with E-state index in [0.717, 1.165) is 5.75 Å². The molecular formula is C16H23NO3. The van der Waals surface area contributed by atoms with Crippen molar-refractivity contribution in [1.29, 1.82) is 0 Å². The van der Waals surface area contributed by atoms with Crippen LogP contribution in [-0.4, -0.2) is 41.2 Å². The molecule has 1 saturated heterocycles. The number of benzene rings is 1. The average molecular weight is 277 g/mol. The maximum atomic E-state index is 12.3. The lowest BCUT2D eigenvalue weighted by Gasteiger charge is -2.19. The van der Waals surface area contributed by atoms with E-state index >= 15 is 0 Å². The van der Waals surface area contributed by atoms with Crippen molar-refractivity contribution in [2.24, 2.45) is 5.92 Å². The zero-order chi connectivity index (χ0) is 14.8. The molecule has 0 spiro atoms. The first-order valence-electron chi connectivity index (χ1n) is 7.12. The second kappa shape index (κ2) is 5.83. The quantitative estimate of drug-likeness (QED) is 0.919. The number of β-amino-alcohol motifs (C(OH)–C–C–N with tert-alkyl or cyclic N) is 1. The van der Waals surface area contributed by atoms with E-state index in [1.165, 1.54) is 0 Å². The summed E-state index contributed by atoms with van der Waals surface area (Å²) in [7, 11) is 0. The van der Waals surface area contributed by atoms with Gasteiger partial charge in [0, 0.05) is 18.7 Å². The highest BCUT2D eigenvalue weighted by Crippen LogP contribution is 2.23. The minimum absolute atomic E-state index is 0.0295. The molecule has 0 bridgehead atoms. The van der Waals surface area contributed by atoms with Gasteiger partial charge in [-0.2, -0.15) is 0 Å². The number of rotatable bonds is 4. The minimum atomic E-state index is -0.754. The molecule has 1 heterocycles. The first-order chi connectivity index (χ1) is 9.37. The Morgan fingerprint density at radius 1 is 1.40 bits per heavy atom. The number of amides is 1. The van der Waals surface area contributed by atoms with Crippen LogP contribution in [0.5, 0.6) is 5.75 Å². The fraction of sp³-hybridized carbons (Fsp3) is 0.562. The van der Waals surface area contributed by atoms with Gasteiger partial charge in [-0.15, -0.1) is 0 Å². The maximum Gasteiger partial charge on any atom is 0.253 e. The van der Waals surface area contributed by atoms with Gasteiger partial charge in [0.1, 0.15) is 5.75 Å². The number of likely N-dealkylation sites (tertiary alicyclic amines) is 1. The Balaban J connectivity index is 1.97. The van der Waals surface area contributed by atoms with Crippen LogP contribution in [0, 0.1) is 5.92 Å². The van der Waals surface area contributed by atoms with Crippen LogP contribution in [-0.2, 0) is 0 Å². The molecule has 1 amide bonds. The molecule has 1 aromatic carbocycles. The van der Waals surface area contributed by atoms with Crippen LogP contribution < -0.4 is 4.74 Å². The summed E-state index contributed by atoms with van der Waals surface area (Å²) in [4.78, 5) is 14.0. The summed E-state index contributed by atoms with van der Waals surface area (Å²) < 4.78 is 5.60. The van der Waals surface area contributed by atoms with Gasteiger partial charge in [0.2, 0.25) is 0 Å². The Morgan fingerprint density at radius 2 is 2.05 bits per heavy atom. The Morgan fingerprint density at radius 3 is 2.55 bits per heavy atom. The van der Waals surface area contributed by atoms with E-state index in [1.807, 2.05) is 12.1 Å². The molecule has 0 saturated carbocycles. The molecule has 20 heavy (non-hydrogen) atoms. The van der Waals surface area contributed by atoms with E-state index in [0.29, 0.717) is 37.6 Å². The molecular weight excluding hydrogens is 254 g/mol. The third-order valence-corrected chi connectivity index (χ3v) is 3.42. The summed E-state index contributed by atoms with van der Waals surface area (Å²) in [5.74, 6) is 1.23. The van der Waals surface area contributed by atoms with Gasteiger partial charge in [0.05, 0.1) is 12.2 Å². The number of nitrogens with zero attached hydrogens (tertiary/aromatic N) is 1. The van der Waals surface area contributed by atoms with Crippen LogP contribution in [0.2, 0.25) is 0 Å². The van der Waals surface area contributed by atoms with Gasteiger partial charge in [0.25, 0.3) is 5.91 Å². The van der Waals surface area contributed by atoms with Crippen LogP contribution in [0.25, 0.3) is 0 Å². The third kappa shape index (κ3) is 3.73. The zero-order valence-electron chi connectivity index (χ0n) is 12.4. The Hall–Kier alpha value is -1.55. The van der Waals surface area contributed by atoms with Gasteiger partial charge in [-0.05, 0) is 43.5 Å². The summed E-state index contributed by atoms with van der Waals surface area (Å²) in [6.45, 7) is 7.63. The lowest BCUT2D eigenvalue weighted by Crippen LogP contribution is -2.33. The molecule has 0 radical (unpaired) electrons. The van der Waals surface area contributed by atoms with E-state index in [2.05, 4.69) is 13.8 Å². The molecule has 1 atom stereocenters. The van der Waals surface area contributed by atoms with Crippen LogP contribution in [0.15, 0.2) is 24.3 Å². The molecule has 2 rings (SSSR count). The van der Waals surface area contributed by atoms with Crippen molar-refractivity contribution in [2.75, 3.05) is 19.7 Å². The molecule has 1 aromatic rings. The molecule has 1 unspecified atom stereocenters. The Kier molecular flexibility index (Phi) is 4.33. The standard InChI is InChI=1S/C16H23NO3/c1-12(2)10-20-14-6-4-13(5-7-14)15(18)17-9-8-16(3,19)11-17/h4-7,12,19H,8-11H2,1-3H3. The van der Waals surface area contributed by atoms with Gasteiger partial charge in [-0.1, -0.05) is 13.8 Å². The molecule has 1 aliphatic heterocycles. The molecule has 4 heteroatoms. The molecule has 0 aromatic heterocycles. The smallest absolute Gasteiger partial charge is 0.253 e. The summed E-state index contributed by atoms with van der Waals surface area (Å²) in [6.07, 6.45) is 0.633. The van der Waals surface area contributed by atoms with Gasteiger partial charge in [-0.25, -0.2) is 0 Å². The number of aliphatic hydroxyl groups is 1. The Labute approximate surface area is 120 Å². The number of ether oxygens (including phenoxy) is 1. The molecule has 1 N–H and O–H groups in total. The summed E-state index contributed by atoms with van der Waals surface area (Å²) in [5.41, 5.74) is -0.115. The Bertz CT molecular complexity index is 465. The highest BCUT2D eigenvalue weighted by Gasteiger charge is 2.34. The summed E-state index contributed by atoms with van der Waals surface area (Å²) in [6, 6.07) is 7.21. The lowest BCUT2D eigenvalue weighted by molar-refractivity contribution is 0.0572. The monoisotopic (exact) mass is 277 g/mol. The fourth-order valence-corrected chi connectivity index (χ4v) is 2.26. The van der Waals surface area contributed by atoms with Gasteiger partial charge < -0.3 is 14.7 Å². The largest absolute Gasteiger partial charge is 0.493 e. The van der Waals surface area contributed by atoms with E-state index in [4.69, 9.17) is 4.74 Å². The maximum absolute atomic E-state index is 12.3. The predicted molar refractivity (Wildman–Crippen MR) is 77.9 cm³/mol. The molecule has 110 valence electrons. The lowest BCUT2D eigenvalue weighted by atomic mass is 10.1. The molecule has 4 nitrogen and oxygen atoms in total. The SMILES string of the molecule is CC(C)COc1ccc(C(=O)N2CCC(C)(O)C2)cc1. The van der Waals surface area contributed by atoms with Crippen molar-refractivity contribution in [3.05, 3.63) is 29.8 Å². The number of carbonyl (C=O) groups excluding carboxylic acids is 1. The second-order valence-electron chi connectivity index (χ2n) is 6.20. The highest BCUT2D eigenvalue weighted by atomic mass is 16.5. The first-order valence-corrected chi connectivity index (χ1v) is 7.12. The normalized spacial score (nSPS) is 22.4. The van der Waals surface area contributed by atoms with Gasteiger partial charge >= 0.3 is 0 Å². The average Bonchev–Trinajstić information content (AvgIpc) is 2.76. The van der Waals surface area contributed by atoms with Crippen LogP contribution in [0.3, 0.4) is 0 Å².